The molecule has 1 aliphatic heterocycles. The van der Waals surface area contributed by atoms with Crippen molar-refractivity contribution < 1.29 is 9.59 Å². The molecule has 1 aromatic heterocycles. The van der Waals surface area contributed by atoms with Gasteiger partial charge in [-0.15, -0.1) is 11.3 Å². The maximum atomic E-state index is 13.0. The zero-order chi connectivity index (χ0) is 20.9. The number of hydrogen-bond donors (Lipinski definition) is 0. The molecule has 1 aromatic carbocycles. The first-order chi connectivity index (χ1) is 14.6. The molecule has 4 rings (SSSR count). The number of aryl methyl sites for hydroxylation is 1. The van der Waals surface area contributed by atoms with Gasteiger partial charge in [0.25, 0.3) is 0 Å². The van der Waals surface area contributed by atoms with Gasteiger partial charge >= 0.3 is 0 Å². The summed E-state index contributed by atoms with van der Waals surface area (Å²) in [5, 5.41) is 0. The van der Waals surface area contributed by atoms with Gasteiger partial charge < -0.3 is 9.80 Å². The van der Waals surface area contributed by atoms with Crippen molar-refractivity contribution in [3.8, 4) is 0 Å². The van der Waals surface area contributed by atoms with Crippen molar-refractivity contribution in [3.63, 3.8) is 0 Å². The summed E-state index contributed by atoms with van der Waals surface area (Å²) in [6, 6.07) is 14.8. The van der Waals surface area contributed by atoms with Crippen molar-refractivity contribution in [2.45, 2.75) is 32.7 Å². The summed E-state index contributed by atoms with van der Waals surface area (Å²) in [6.07, 6.45) is 3.01. The van der Waals surface area contributed by atoms with Crippen LogP contribution in [0.1, 0.15) is 28.2 Å². The first-order valence-electron chi connectivity index (χ1n) is 11.0. The van der Waals surface area contributed by atoms with Crippen molar-refractivity contribution in [1.82, 2.24) is 14.7 Å². The lowest BCUT2D eigenvalue weighted by molar-refractivity contribution is -0.141. The molecule has 30 heavy (non-hydrogen) atoms. The van der Waals surface area contributed by atoms with Crippen LogP contribution in [-0.2, 0) is 22.6 Å². The van der Waals surface area contributed by atoms with Crippen LogP contribution in [0, 0.1) is 12.8 Å². The minimum atomic E-state index is 0.176. The van der Waals surface area contributed by atoms with Gasteiger partial charge in [0.2, 0.25) is 11.8 Å². The van der Waals surface area contributed by atoms with Gasteiger partial charge in [-0.2, -0.15) is 0 Å². The molecule has 160 valence electrons. The fourth-order valence-electron chi connectivity index (χ4n) is 3.99. The predicted molar refractivity (Wildman–Crippen MR) is 120 cm³/mol. The van der Waals surface area contributed by atoms with Gasteiger partial charge in [0.1, 0.15) is 0 Å². The number of carbonyl (C=O) groups excluding carboxylic acids is 2. The summed E-state index contributed by atoms with van der Waals surface area (Å²) in [4.78, 5) is 34.0. The van der Waals surface area contributed by atoms with E-state index in [0.29, 0.717) is 38.6 Å². The fourth-order valence-corrected chi connectivity index (χ4v) is 4.93. The van der Waals surface area contributed by atoms with Crippen molar-refractivity contribution in [2.75, 3.05) is 39.3 Å². The summed E-state index contributed by atoms with van der Waals surface area (Å²) < 4.78 is 0. The van der Waals surface area contributed by atoms with Crippen LogP contribution in [0.2, 0.25) is 0 Å². The van der Waals surface area contributed by atoms with Crippen molar-refractivity contribution in [1.29, 1.82) is 0 Å². The summed E-state index contributed by atoms with van der Waals surface area (Å²) in [5.41, 5.74) is 1.30. The van der Waals surface area contributed by atoms with Crippen LogP contribution in [0.25, 0.3) is 0 Å². The normalized spacial score (nSPS) is 16.9. The Balaban J connectivity index is 1.32. The van der Waals surface area contributed by atoms with Crippen LogP contribution >= 0.6 is 11.3 Å². The molecule has 2 fully saturated rings. The van der Waals surface area contributed by atoms with Gasteiger partial charge in [-0.3, -0.25) is 14.5 Å². The van der Waals surface area contributed by atoms with E-state index in [9.17, 15) is 9.59 Å². The standard InChI is InChI=1S/C24H31N3O2S/c1-19-7-10-22(30-19)17-25(12-11-20-5-3-2-4-6-20)18-23(28)26-13-15-27(16-14-26)24(29)21-8-9-21/h2-7,10,21H,8-9,11-18H2,1H3. The van der Waals surface area contributed by atoms with E-state index in [1.807, 2.05) is 15.9 Å². The van der Waals surface area contributed by atoms with E-state index < -0.39 is 0 Å². The van der Waals surface area contributed by atoms with Gasteiger partial charge in [0, 0.05) is 54.9 Å². The molecule has 2 heterocycles. The minimum absolute atomic E-state index is 0.176. The highest BCUT2D eigenvalue weighted by atomic mass is 32.1. The van der Waals surface area contributed by atoms with Crippen LogP contribution in [-0.4, -0.2) is 65.8 Å². The lowest BCUT2D eigenvalue weighted by Gasteiger charge is -2.36. The zero-order valence-electron chi connectivity index (χ0n) is 17.8. The predicted octanol–water partition coefficient (Wildman–Crippen LogP) is 3.18. The first-order valence-corrected chi connectivity index (χ1v) is 11.8. The fraction of sp³-hybridized carbons (Fsp3) is 0.500. The van der Waals surface area contributed by atoms with Gasteiger partial charge in [0.05, 0.1) is 6.54 Å². The molecule has 6 heteroatoms. The van der Waals surface area contributed by atoms with E-state index in [2.05, 4.69) is 48.2 Å². The van der Waals surface area contributed by atoms with Crippen molar-refractivity contribution in [3.05, 3.63) is 57.8 Å². The summed E-state index contributed by atoms with van der Waals surface area (Å²) >= 11 is 1.80. The molecule has 0 N–H and O–H groups in total. The maximum Gasteiger partial charge on any atom is 0.236 e. The lowest BCUT2D eigenvalue weighted by Crippen LogP contribution is -2.53. The Morgan fingerprint density at radius 1 is 1.00 bits per heavy atom. The Morgan fingerprint density at radius 3 is 2.33 bits per heavy atom. The average molecular weight is 426 g/mol. The summed E-state index contributed by atoms with van der Waals surface area (Å²) in [6.45, 7) is 6.87. The number of rotatable bonds is 8. The van der Waals surface area contributed by atoms with Crippen molar-refractivity contribution >= 4 is 23.2 Å². The van der Waals surface area contributed by atoms with Crippen molar-refractivity contribution in [2.24, 2.45) is 5.92 Å². The largest absolute Gasteiger partial charge is 0.339 e. The molecule has 0 unspecified atom stereocenters. The number of benzene rings is 1. The number of nitrogens with zero attached hydrogens (tertiary/aromatic N) is 3. The van der Waals surface area contributed by atoms with Crippen LogP contribution in [0.4, 0.5) is 0 Å². The maximum absolute atomic E-state index is 13.0. The van der Waals surface area contributed by atoms with Crippen LogP contribution in [0.15, 0.2) is 42.5 Å². The highest BCUT2D eigenvalue weighted by Gasteiger charge is 2.35. The van der Waals surface area contributed by atoms with Gasteiger partial charge in [-0.1, -0.05) is 30.3 Å². The topological polar surface area (TPSA) is 43.9 Å². The van der Waals surface area contributed by atoms with Gasteiger partial charge in [-0.05, 0) is 43.9 Å². The van der Waals surface area contributed by atoms with E-state index in [0.717, 1.165) is 32.4 Å². The highest BCUT2D eigenvalue weighted by molar-refractivity contribution is 7.11. The second-order valence-electron chi connectivity index (χ2n) is 8.44. The number of amides is 2. The smallest absolute Gasteiger partial charge is 0.236 e. The Hall–Kier alpha value is -2.18. The van der Waals surface area contributed by atoms with E-state index in [1.54, 1.807) is 11.3 Å². The molecular weight excluding hydrogens is 394 g/mol. The second-order valence-corrected chi connectivity index (χ2v) is 9.81. The van der Waals surface area contributed by atoms with E-state index in [-0.39, 0.29) is 11.8 Å². The van der Waals surface area contributed by atoms with Crippen LogP contribution in [0.3, 0.4) is 0 Å². The SMILES string of the molecule is Cc1ccc(CN(CCc2ccccc2)CC(=O)N2CCN(C(=O)C3CC3)CC2)s1. The van der Waals surface area contributed by atoms with Crippen LogP contribution < -0.4 is 0 Å². The highest BCUT2D eigenvalue weighted by Crippen LogP contribution is 2.31. The third-order valence-electron chi connectivity index (χ3n) is 5.96. The third kappa shape index (κ3) is 5.70. The zero-order valence-corrected chi connectivity index (χ0v) is 18.6. The molecular formula is C24H31N3O2S. The monoisotopic (exact) mass is 425 g/mol. The molecule has 1 saturated heterocycles. The third-order valence-corrected chi connectivity index (χ3v) is 6.95. The van der Waals surface area contributed by atoms with Gasteiger partial charge in [-0.25, -0.2) is 0 Å². The Kier molecular flexibility index (Phi) is 6.85. The molecule has 2 amide bonds. The second kappa shape index (κ2) is 9.75. The molecule has 1 aliphatic carbocycles. The molecule has 0 atom stereocenters. The van der Waals surface area contributed by atoms with Crippen LogP contribution in [0.5, 0.6) is 0 Å². The first kappa shape index (κ1) is 21.1. The number of hydrogen-bond acceptors (Lipinski definition) is 4. The number of thiophene rings is 1. The molecule has 0 bridgehead atoms. The van der Waals surface area contributed by atoms with E-state index in [1.165, 1.54) is 15.3 Å². The van der Waals surface area contributed by atoms with E-state index in [4.69, 9.17) is 0 Å². The average Bonchev–Trinajstić information content (AvgIpc) is 3.54. The Bertz CT molecular complexity index is 854. The molecule has 5 nitrogen and oxygen atoms in total. The lowest BCUT2D eigenvalue weighted by atomic mass is 10.1. The quantitative estimate of drug-likeness (QED) is 0.653. The summed E-state index contributed by atoms with van der Waals surface area (Å²) in [5.74, 6) is 0.726. The van der Waals surface area contributed by atoms with E-state index >= 15 is 0 Å². The molecule has 2 aliphatic rings. The Labute approximate surface area is 183 Å². The molecule has 0 spiro atoms. The number of piperazine rings is 1. The molecule has 0 radical (unpaired) electrons. The minimum Gasteiger partial charge on any atom is -0.339 e. The van der Waals surface area contributed by atoms with Gasteiger partial charge in [0.15, 0.2) is 0 Å². The molecule has 2 aromatic rings. The Morgan fingerprint density at radius 2 is 1.70 bits per heavy atom. The molecule has 1 saturated carbocycles. The summed E-state index contributed by atoms with van der Waals surface area (Å²) in [7, 11) is 0. The number of carbonyl (C=O) groups is 2.